The Labute approximate surface area is 533 Å². The second-order valence-corrected chi connectivity index (χ2v) is 26.9. The van der Waals surface area contributed by atoms with Crippen LogP contribution < -0.4 is 32.3 Å². The largest absolute Gasteiger partial charge is 0.466 e. The lowest BCUT2D eigenvalue weighted by molar-refractivity contribution is -0.150. The van der Waals surface area contributed by atoms with Crippen LogP contribution in [-0.4, -0.2) is 149 Å². The fourth-order valence-electron chi connectivity index (χ4n) is 11.3. The van der Waals surface area contributed by atoms with Crippen molar-refractivity contribution >= 4 is 104 Å². The lowest BCUT2D eigenvalue weighted by atomic mass is 9.82. The normalized spacial score (nSPS) is 22.7. The van der Waals surface area contributed by atoms with Crippen LogP contribution in [0, 0.1) is 17.8 Å². The predicted molar refractivity (Wildman–Crippen MR) is 339 cm³/mol. The number of hydrogen-bond donors (Lipinski definition) is 8. The number of H-pyrrole nitrogens is 2. The molecule has 23 nitrogen and oxygen atoms in total. The lowest BCUT2D eigenvalue weighted by Crippen LogP contribution is -2.56. The summed E-state index contributed by atoms with van der Waals surface area (Å²) in [5, 5.41) is 18.0. The third kappa shape index (κ3) is 20.3. The molecule has 0 spiro atoms. The Hall–Kier alpha value is -6.99. The maximum Gasteiger partial charge on any atom is 0.407 e. The average Bonchev–Trinajstić information content (AvgIpc) is 2.05. The Bertz CT molecular complexity index is 3320. The molecular formula is C63H86Cl2N10O13S. The Morgan fingerprint density at radius 1 is 0.584 bits per heavy atom. The van der Waals surface area contributed by atoms with Gasteiger partial charge in [0.2, 0.25) is 0 Å². The third-order valence-corrected chi connectivity index (χ3v) is 17.1. The minimum absolute atomic E-state index is 0.159. The number of nitrogens with zero attached hydrogens (tertiary/aromatic N) is 2. The Morgan fingerprint density at radius 2 is 1.00 bits per heavy atom. The van der Waals surface area contributed by atoms with Crippen molar-refractivity contribution in [2.24, 2.45) is 23.5 Å². The molecule has 2 aromatic carbocycles. The Morgan fingerprint density at radius 3 is 1.45 bits per heavy atom. The SMILES string of the molecule is CCOC(=O)[C@H]1CC[C@H](N)[C@H](NC(=O)OC(C)(C)C)C1.CCOC(=O)[C@H]1CC[C@H](NC(=O)c2cc3cc(Cl)ccc3[nH]2)[C@H](NC(=O)OC(C)(C)C)C1.CCOC(=O)[C@H]1CC[C@H](NC(=O)c2cc3cc(Cl)ccc3[nH]2)[C@H](NC(=O)c2nc3c(s2)CN(C)CC3)C1. The number of likely N-dealkylation sites (N-methyl/N-ethyl adjacent to an activating group) is 1. The molecule has 0 saturated heterocycles. The summed E-state index contributed by atoms with van der Waals surface area (Å²) in [6.07, 6.45) is 4.52. The van der Waals surface area contributed by atoms with E-state index in [4.69, 9.17) is 52.6 Å². The van der Waals surface area contributed by atoms with Crippen LogP contribution in [-0.2, 0) is 51.0 Å². The number of carbonyl (C=O) groups excluding carboxylic acids is 8. The molecule has 9 rings (SSSR count). The summed E-state index contributed by atoms with van der Waals surface area (Å²) in [6.45, 7) is 18.7. The van der Waals surface area contributed by atoms with Crippen molar-refractivity contribution in [1.82, 2.24) is 46.4 Å². The molecule has 9 N–H and O–H groups in total. The molecule has 89 heavy (non-hydrogen) atoms. The molecule has 3 aliphatic carbocycles. The van der Waals surface area contributed by atoms with Gasteiger partial charge in [-0.05, 0) is 176 Å². The van der Waals surface area contributed by atoms with Gasteiger partial charge in [0.05, 0.1) is 55.4 Å². The van der Waals surface area contributed by atoms with Crippen LogP contribution in [0.5, 0.6) is 0 Å². The first-order valence-corrected chi connectivity index (χ1v) is 32.1. The first-order valence-electron chi connectivity index (χ1n) is 30.5. The van der Waals surface area contributed by atoms with E-state index in [-0.39, 0.29) is 77.6 Å². The second-order valence-electron chi connectivity index (χ2n) is 24.9. The fraction of sp³-hybridized carbons (Fsp3) is 0.571. The maximum atomic E-state index is 13.2. The number of nitrogens with two attached hydrogens (primary N) is 1. The van der Waals surface area contributed by atoms with Gasteiger partial charge in [-0.1, -0.05) is 23.2 Å². The van der Waals surface area contributed by atoms with Crippen molar-refractivity contribution in [3.8, 4) is 0 Å². The van der Waals surface area contributed by atoms with Gasteiger partial charge in [0.1, 0.15) is 22.6 Å². The number of rotatable bonds is 14. The molecule has 4 aliphatic rings. The van der Waals surface area contributed by atoms with E-state index < -0.39 is 35.5 Å². The van der Waals surface area contributed by atoms with Crippen LogP contribution in [0.25, 0.3) is 21.8 Å². The van der Waals surface area contributed by atoms with E-state index >= 15 is 0 Å². The number of fused-ring (bicyclic) bond motifs is 3. The number of aromatic nitrogens is 3. The van der Waals surface area contributed by atoms with Crippen LogP contribution in [0.15, 0.2) is 48.5 Å². The van der Waals surface area contributed by atoms with Gasteiger partial charge in [-0.25, -0.2) is 14.6 Å². The summed E-state index contributed by atoms with van der Waals surface area (Å²) < 4.78 is 26.0. The van der Waals surface area contributed by atoms with Crippen molar-refractivity contribution < 1.29 is 62.0 Å². The molecule has 1 aliphatic heterocycles. The quantitative estimate of drug-likeness (QED) is 0.0379. The fourth-order valence-corrected chi connectivity index (χ4v) is 12.8. The summed E-state index contributed by atoms with van der Waals surface area (Å²) in [5.41, 5.74) is 8.18. The number of carbonyl (C=O) groups is 8. The van der Waals surface area contributed by atoms with Crippen molar-refractivity contribution in [3.63, 3.8) is 0 Å². The number of thiazole rings is 1. The van der Waals surface area contributed by atoms with E-state index in [2.05, 4.69) is 53.5 Å². The minimum Gasteiger partial charge on any atom is -0.466 e. The molecule has 486 valence electrons. The van der Waals surface area contributed by atoms with Gasteiger partial charge in [0.25, 0.3) is 17.7 Å². The molecule has 5 aromatic rings. The summed E-state index contributed by atoms with van der Waals surface area (Å²) >= 11 is 13.5. The zero-order valence-electron chi connectivity index (χ0n) is 52.4. The number of aromatic amines is 2. The predicted octanol–water partition coefficient (Wildman–Crippen LogP) is 9.27. The smallest absolute Gasteiger partial charge is 0.407 e. The highest BCUT2D eigenvalue weighted by molar-refractivity contribution is 7.13. The van der Waals surface area contributed by atoms with Crippen LogP contribution in [0.3, 0.4) is 0 Å². The number of amides is 5. The average molecular weight is 1290 g/mol. The van der Waals surface area contributed by atoms with Gasteiger partial charge in [0, 0.05) is 80.4 Å². The molecule has 0 unspecified atom stereocenters. The summed E-state index contributed by atoms with van der Waals surface area (Å²) in [7, 11) is 2.05. The molecule has 3 fully saturated rings. The molecule has 5 amide bonds. The third-order valence-electron chi connectivity index (χ3n) is 15.6. The van der Waals surface area contributed by atoms with Crippen LogP contribution in [0.2, 0.25) is 10.0 Å². The molecule has 0 radical (unpaired) electrons. The van der Waals surface area contributed by atoms with Crippen LogP contribution in [0.1, 0.15) is 161 Å². The van der Waals surface area contributed by atoms with Gasteiger partial charge >= 0.3 is 30.1 Å². The Balaban J connectivity index is 0.000000199. The first-order chi connectivity index (χ1) is 42.1. The van der Waals surface area contributed by atoms with Gasteiger partial charge in [-0.3, -0.25) is 28.8 Å². The number of benzene rings is 2. The van der Waals surface area contributed by atoms with Gasteiger partial charge in [-0.15, -0.1) is 11.3 Å². The van der Waals surface area contributed by atoms with Gasteiger partial charge in [-0.2, -0.15) is 0 Å². The molecular weight excluding hydrogens is 1210 g/mol. The standard InChI is InChI=1S/C26H30ClN5O4S.C23H30ClN3O5.C14H26N2O4/c1-3-36-26(35)14-4-6-18(29-23(33)21-12-15-10-16(27)5-7-17(15)28-21)20(11-14)30-24(34)25-31-19-8-9-32(2)13-22(19)37-25;1-5-31-21(29)13-6-8-17(18(11-13)27-22(30)32-23(2,3)4)26-20(28)19-12-14-10-15(24)7-9-16(14)25-19;1-5-19-12(17)9-6-7-10(15)11(8-9)16-13(18)20-14(2,3)4/h5,7,10,12,14,18,20,28H,3-4,6,8-9,11,13H2,1-2H3,(H,29,33)(H,30,34);7,9-10,12-13,17-18,25H,5-6,8,11H2,1-4H3,(H,26,28)(H,27,30);9-11H,5-8,15H2,1-4H3,(H,16,18)/t14-,18-,20+;13-,17-,18+;9-,10-,11+/m000/s1. The number of alkyl carbamates (subject to hydrolysis) is 2. The van der Waals surface area contributed by atoms with Crippen molar-refractivity contribution in [1.29, 1.82) is 0 Å². The molecule has 9 atom stereocenters. The van der Waals surface area contributed by atoms with Gasteiger partial charge < -0.3 is 70.9 Å². The molecule has 3 saturated carbocycles. The molecule has 0 bridgehead atoms. The van der Waals surface area contributed by atoms with E-state index in [0.717, 1.165) is 51.9 Å². The Kier molecular flexibility index (Phi) is 24.3. The van der Waals surface area contributed by atoms with E-state index in [1.807, 2.05) is 12.1 Å². The summed E-state index contributed by atoms with van der Waals surface area (Å²) in [6, 6.07) is 12.2. The summed E-state index contributed by atoms with van der Waals surface area (Å²) in [4.78, 5) is 114. The highest BCUT2D eigenvalue weighted by Gasteiger charge is 2.40. The molecule has 3 aromatic heterocycles. The number of nitrogens with one attached hydrogen (secondary N) is 7. The summed E-state index contributed by atoms with van der Waals surface area (Å²) in [5.74, 6) is -2.52. The lowest BCUT2D eigenvalue weighted by Gasteiger charge is -2.36. The first kappa shape index (κ1) is 69.5. The number of halogens is 2. The number of esters is 3. The van der Waals surface area contributed by atoms with E-state index in [1.54, 1.807) is 98.7 Å². The van der Waals surface area contributed by atoms with Crippen LogP contribution >= 0.6 is 34.5 Å². The number of ether oxygens (including phenoxy) is 5. The topological polar surface area (TPSA) is 317 Å². The molecule has 4 heterocycles. The number of hydrogen-bond acceptors (Lipinski definition) is 17. The van der Waals surface area contributed by atoms with Gasteiger partial charge in [0.15, 0.2) is 5.01 Å². The maximum absolute atomic E-state index is 13.2. The van der Waals surface area contributed by atoms with E-state index in [0.29, 0.717) is 104 Å². The minimum atomic E-state index is -0.663. The monoisotopic (exact) mass is 1290 g/mol. The highest BCUT2D eigenvalue weighted by atomic mass is 35.5. The second kappa shape index (κ2) is 31.2. The van der Waals surface area contributed by atoms with Crippen LogP contribution in [0.4, 0.5) is 9.59 Å². The highest BCUT2D eigenvalue weighted by Crippen LogP contribution is 2.32. The van der Waals surface area contributed by atoms with Crippen molar-refractivity contribution in [3.05, 3.63) is 85.5 Å². The van der Waals surface area contributed by atoms with E-state index in [9.17, 15) is 38.4 Å². The van der Waals surface area contributed by atoms with E-state index in [1.165, 1.54) is 11.3 Å². The zero-order valence-corrected chi connectivity index (χ0v) is 54.7. The van der Waals surface area contributed by atoms with Crippen molar-refractivity contribution in [2.45, 2.75) is 181 Å². The van der Waals surface area contributed by atoms with Crippen molar-refractivity contribution in [2.75, 3.05) is 33.4 Å². The molecule has 26 heteroatoms. The zero-order chi connectivity index (χ0) is 64.9.